The van der Waals surface area contributed by atoms with Crippen LogP contribution in [0.25, 0.3) is 0 Å². The topological polar surface area (TPSA) is 46.5 Å². The molecule has 0 aliphatic heterocycles. The van der Waals surface area contributed by atoms with Gasteiger partial charge in [0.2, 0.25) is 5.82 Å². The predicted octanol–water partition coefficient (Wildman–Crippen LogP) is 4.89. The Morgan fingerprint density at radius 3 is 2.62 bits per heavy atom. The summed E-state index contributed by atoms with van der Waals surface area (Å²) in [5.74, 6) is 0.335. The number of benzene rings is 1. The number of carbonyl (C=O) groups is 1. The van der Waals surface area contributed by atoms with Crippen LogP contribution in [0.3, 0.4) is 0 Å². The Hall–Kier alpha value is -1.65. The normalized spacial score (nSPS) is 42.3. The predicted molar refractivity (Wildman–Crippen MR) is 91.0 cm³/mol. The van der Waals surface area contributed by atoms with Gasteiger partial charge >= 0.3 is 5.97 Å². The lowest BCUT2D eigenvalue weighted by molar-refractivity contribution is -0.0488. The number of fused-ring (bicyclic) bond motifs is 9. The number of hydrogen-bond acceptors (Lipinski definition) is 2. The molecule has 3 nitrogen and oxygen atoms in total. The molecule has 4 bridgehead atoms. The molecule has 0 aromatic heterocycles. The number of carboxylic acids is 1. The van der Waals surface area contributed by atoms with Gasteiger partial charge in [-0.25, -0.2) is 9.18 Å². The first-order chi connectivity index (χ1) is 12.4. The molecular formula is C21H24F2O3. The lowest BCUT2D eigenvalue weighted by Crippen LogP contribution is -2.48. The summed E-state index contributed by atoms with van der Waals surface area (Å²) < 4.78 is 34.5. The zero-order chi connectivity index (χ0) is 18.2. The number of carboxylic acid groups (broad SMARTS) is 1. The molecule has 4 aliphatic carbocycles. The van der Waals surface area contributed by atoms with Gasteiger partial charge in [-0.15, -0.1) is 0 Å². The van der Waals surface area contributed by atoms with E-state index in [0.29, 0.717) is 17.8 Å². The van der Waals surface area contributed by atoms with Crippen LogP contribution in [0.4, 0.5) is 8.78 Å². The van der Waals surface area contributed by atoms with E-state index in [1.54, 1.807) is 0 Å². The third-order valence-electron chi connectivity index (χ3n) is 8.05. The van der Waals surface area contributed by atoms with E-state index < -0.39 is 23.2 Å². The Morgan fingerprint density at radius 1 is 1.19 bits per heavy atom. The minimum absolute atomic E-state index is 0.239. The Bertz CT molecular complexity index is 779. The average molecular weight is 362 g/mol. The average Bonchev–Trinajstić information content (AvgIpc) is 3.36. The summed E-state index contributed by atoms with van der Waals surface area (Å²) in [6.07, 6.45) is 6.74. The van der Waals surface area contributed by atoms with Gasteiger partial charge in [0.15, 0.2) is 11.6 Å². The first-order valence-electron chi connectivity index (χ1n) is 9.85. The number of rotatable bonds is 4. The highest BCUT2D eigenvalue weighted by Gasteiger charge is 2.67. The molecule has 26 heavy (non-hydrogen) atoms. The van der Waals surface area contributed by atoms with Crippen molar-refractivity contribution in [3.05, 3.63) is 29.3 Å². The van der Waals surface area contributed by atoms with Crippen molar-refractivity contribution >= 4 is 5.97 Å². The molecule has 4 aliphatic rings. The SMILES string of the molecule is CCC1(Oc2cc(C(=O)O)cc(F)c2F)CC2CC1C1C3CCC(C3)C21. The van der Waals surface area contributed by atoms with E-state index in [-0.39, 0.29) is 11.3 Å². The Balaban J connectivity index is 1.49. The standard InChI is InChI=1S/C21H24F2O3/c1-2-21(26-16-8-12(20(24)25)7-15(22)19(16)23)9-13-6-14(21)18-11-4-3-10(5-11)17(13)18/h7-8,10-11,13-14,17-18H,2-6,9H2,1H3,(H,24,25). The van der Waals surface area contributed by atoms with Crippen LogP contribution in [0.2, 0.25) is 0 Å². The second-order valence-corrected chi connectivity index (χ2v) is 8.89. The van der Waals surface area contributed by atoms with E-state index in [1.807, 2.05) is 0 Å². The van der Waals surface area contributed by atoms with E-state index >= 15 is 0 Å². The highest BCUT2D eigenvalue weighted by Crippen LogP contribution is 2.70. The molecule has 0 amide bonds. The third-order valence-corrected chi connectivity index (χ3v) is 8.05. The summed E-state index contributed by atoms with van der Waals surface area (Å²) in [6.45, 7) is 2.05. The second-order valence-electron chi connectivity index (χ2n) is 8.89. The summed E-state index contributed by atoms with van der Waals surface area (Å²) >= 11 is 0. The summed E-state index contributed by atoms with van der Waals surface area (Å²) in [5.41, 5.74) is -0.758. The minimum Gasteiger partial charge on any atom is -0.484 e. The Kier molecular flexibility index (Phi) is 3.45. The van der Waals surface area contributed by atoms with Gasteiger partial charge in [0.25, 0.3) is 0 Å². The fourth-order valence-electron chi connectivity index (χ4n) is 7.27. The van der Waals surface area contributed by atoms with E-state index in [1.165, 1.54) is 19.3 Å². The quantitative estimate of drug-likeness (QED) is 0.776. The molecule has 4 saturated carbocycles. The molecule has 0 saturated heterocycles. The first-order valence-corrected chi connectivity index (χ1v) is 9.85. The fourth-order valence-corrected chi connectivity index (χ4v) is 7.27. The largest absolute Gasteiger partial charge is 0.484 e. The molecule has 0 heterocycles. The smallest absolute Gasteiger partial charge is 0.335 e. The molecule has 5 rings (SSSR count). The molecule has 4 fully saturated rings. The lowest BCUT2D eigenvalue weighted by Gasteiger charge is -2.46. The van der Waals surface area contributed by atoms with E-state index in [9.17, 15) is 13.6 Å². The zero-order valence-electron chi connectivity index (χ0n) is 14.9. The van der Waals surface area contributed by atoms with Crippen molar-refractivity contribution in [1.82, 2.24) is 0 Å². The lowest BCUT2D eigenvalue weighted by atomic mass is 9.65. The molecule has 0 radical (unpaired) electrons. The summed E-state index contributed by atoms with van der Waals surface area (Å²) in [5, 5.41) is 9.16. The van der Waals surface area contributed by atoms with Crippen molar-refractivity contribution < 1.29 is 23.4 Å². The number of hydrogen-bond donors (Lipinski definition) is 1. The summed E-state index contributed by atoms with van der Waals surface area (Å²) in [6, 6.07) is 1.86. The summed E-state index contributed by atoms with van der Waals surface area (Å²) in [4.78, 5) is 11.2. The number of ether oxygens (including phenoxy) is 1. The van der Waals surface area contributed by atoms with Crippen molar-refractivity contribution in [3.63, 3.8) is 0 Å². The van der Waals surface area contributed by atoms with Crippen molar-refractivity contribution in [2.75, 3.05) is 0 Å². The molecular weight excluding hydrogens is 338 g/mol. The van der Waals surface area contributed by atoms with Crippen molar-refractivity contribution in [1.29, 1.82) is 0 Å². The molecule has 0 spiro atoms. The van der Waals surface area contributed by atoms with Crippen molar-refractivity contribution in [2.24, 2.45) is 35.5 Å². The highest BCUT2D eigenvalue weighted by molar-refractivity contribution is 5.88. The Labute approximate surface area is 151 Å². The van der Waals surface area contributed by atoms with Crippen LogP contribution in [-0.4, -0.2) is 16.7 Å². The van der Waals surface area contributed by atoms with Crippen LogP contribution in [0.1, 0.15) is 55.8 Å². The number of halogens is 2. The first kappa shape index (κ1) is 16.5. The van der Waals surface area contributed by atoms with E-state index in [4.69, 9.17) is 9.84 Å². The van der Waals surface area contributed by atoms with Gasteiger partial charge in [0.1, 0.15) is 5.60 Å². The van der Waals surface area contributed by atoms with Crippen LogP contribution in [0.5, 0.6) is 5.75 Å². The molecule has 7 unspecified atom stereocenters. The number of aromatic carboxylic acids is 1. The van der Waals surface area contributed by atoms with Crippen LogP contribution in [0, 0.1) is 47.1 Å². The molecule has 5 heteroatoms. The Morgan fingerprint density at radius 2 is 1.92 bits per heavy atom. The molecule has 1 aromatic rings. The van der Waals surface area contributed by atoms with Crippen molar-refractivity contribution in [3.8, 4) is 5.75 Å². The van der Waals surface area contributed by atoms with E-state index in [0.717, 1.165) is 49.1 Å². The highest BCUT2D eigenvalue weighted by atomic mass is 19.2. The maximum atomic E-state index is 14.4. The van der Waals surface area contributed by atoms with Gasteiger partial charge in [-0.05, 0) is 80.2 Å². The fraction of sp³-hybridized carbons (Fsp3) is 0.667. The van der Waals surface area contributed by atoms with Gasteiger partial charge in [0.05, 0.1) is 5.56 Å². The van der Waals surface area contributed by atoms with E-state index in [2.05, 4.69) is 6.92 Å². The molecule has 7 atom stereocenters. The monoisotopic (exact) mass is 362 g/mol. The molecule has 1 N–H and O–H groups in total. The van der Waals surface area contributed by atoms with Crippen molar-refractivity contribution in [2.45, 2.75) is 51.0 Å². The van der Waals surface area contributed by atoms with Gasteiger partial charge in [-0.2, -0.15) is 4.39 Å². The maximum Gasteiger partial charge on any atom is 0.335 e. The maximum absolute atomic E-state index is 14.4. The zero-order valence-corrected chi connectivity index (χ0v) is 14.9. The van der Waals surface area contributed by atoms with Crippen LogP contribution in [-0.2, 0) is 0 Å². The summed E-state index contributed by atoms with van der Waals surface area (Å²) in [7, 11) is 0. The van der Waals surface area contributed by atoms with Crippen LogP contribution in [0.15, 0.2) is 12.1 Å². The van der Waals surface area contributed by atoms with Gasteiger partial charge < -0.3 is 9.84 Å². The third kappa shape index (κ3) is 2.06. The van der Waals surface area contributed by atoms with Crippen LogP contribution >= 0.6 is 0 Å². The molecule has 1 aromatic carbocycles. The minimum atomic E-state index is -1.28. The second kappa shape index (κ2) is 5.43. The molecule has 140 valence electrons. The van der Waals surface area contributed by atoms with Gasteiger partial charge in [-0.3, -0.25) is 0 Å². The van der Waals surface area contributed by atoms with Crippen LogP contribution < -0.4 is 4.74 Å². The van der Waals surface area contributed by atoms with Gasteiger partial charge in [-0.1, -0.05) is 6.92 Å². The van der Waals surface area contributed by atoms with Gasteiger partial charge in [0, 0.05) is 5.92 Å².